The van der Waals surface area contributed by atoms with Crippen LogP contribution >= 0.6 is 0 Å². The summed E-state index contributed by atoms with van der Waals surface area (Å²) < 4.78 is 17.8. The Morgan fingerprint density at radius 3 is 2.10 bits per heavy atom. The molecule has 0 atom stereocenters. The van der Waals surface area contributed by atoms with E-state index in [4.69, 9.17) is 14.0 Å². The standard InChI is InChI=1S/C24H38BNO4/c1-22(2,3)28-21(27)26-16-14-19(15-17-26)9-8-18-10-12-20(13-11-18)25-29-23(4,5)24(6,7)30-25/h10-13,19H,8-9,14-17H2,1-7H3. The fraction of sp³-hybridized carbons (Fsp3) is 0.708. The number of nitrogens with zero attached hydrogens (tertiary/aromatic N) is 1. The molecule has 0 bridgehead atoms. The van der Waals surface area contributed by atoms with Crippen LogP contribution in [0, 0.1) is 5.92 Å². The molecule has 0 spiro atoms. The summed E-state index contributed by atoms with van der Waals surface area (Å²) in [6.07, 6.45) is 4.12. The summed E-state index contributed by atoms with van der Waals surface area (Å²) in [5, 5.41) is 0. The van der Waals surface area contributed by atoms with Crippen molar-refractivity contribution in [1.29, 1.82) is 0 Å². The molecule has 2 fully saturated rings. The van der Waals surface area contributed by atoms with E-state index in [0.717, 1.165) is 44.2 Å². The van der Waals surface area contributed by atoms with Crippen molar-refractivity contribution in [2.45, 2.75) is 91.0 Å². The molecule has 3 rings (SSSR count). The molecule has 30 heavy (non-hydrogen) atoms. The Hall–Kier alpha value is -1.53. The molecule has 0 radical (unpaired) electrons. The average Bonchev–Trinajstić information content (AvgIpc) is 2.87. The lowest BCUT2D eigenvalue weighted by Crippen LogP contribution is -2.41. The lowest BCUT2D eigenvalue weighted by atomic mass is 9.78. The van der Waals surface area contributed by atoms with Gasteiger partial charge in [-0.1, -0.05) is 24.3 Å². The molecular formula is C24H38BNO4. The lowest BCUT2D eigenvalue weighted by Gasteiger charge is -2.33. The summed E-state index contributed by atoms with van der Waals surface area (Å²) in [5.41, 5.74) is 1.35. The molecule has 0 N–H and O–H groups in total. The summed E-state index contributed by atoms with van der Waals surface area (Å²) in [5.74, 6) is 0.659. The molecule has 2 aliphatic heterocycles. The van der Waals surface area contributed by atoms with Gasteiger partial charge < -0.3 is 18.9 Å². The molecule has 1 aromatic carbocycles. The van der Waals surface area contributed by atoms with Crippen molar-refractivity contribution in [3.8, 4) is 0 Å². The first-order chi connectivity index (χ1) is 13.9. The van der Waals surface area contributed by atoms with E-state index >= 15 is 0 Å². The Bertz CT molecular complexity index is 715. The topological polar surface area (TPSA) is 48.0 Å². The van der Waals surface area contributed by atoms with E-state index in [-0.39, 0.29) is 24.4 Å². The van der Waals surface area contributed by atoms with Crippen LogP contribution < -0.4 is 5.46 Å². The monoisotopic (exact) mass is 415 g/mol. The molecule has 0 unspecified atom stereocenters. The number of piperidine rings is 1. The first-order valence-electron chi connectivity index (χ1n) is 11.3. The number of rotatable bonds is 4. The van der Waals surface area contributed by atoms with Crippen molar-refractivity contribution in [2.24, 2.45) is 5.92 Å². The molecule has 2 aliphatic rings. The predicted molar refractivity (Wildman–Crippen MR) is 121 cm³/mol. The minimum absolute atomic E-state index is 0.181. The van der Waals surface area contributed by atoms with E-state index in [9.17, 15) is 4.79 Å². The summed E-state index contributed by atoms with van der Waals surface area (Å²) in [7, 11) is -0.304. The second-order valence-electron chi connectivity index (χ2n) is 10.8. The Balaban J connectivity index is 1.45. The molecule has 2 saturated heterocycles. The van der Waals surface area contributed by atoms with Gasteiger partial charge >= 0.3 is 13.2 Å². The van der Waals surface area contributed by atoms with E-state index < -0.39 is 5.60 Å². The van der Waals surface area contributed by atoms with E-state index in [1.165, 1.54) is 5.56 Å². The summed E-state index contributed by atoms with van der Waals surface area (Å²) in [4.78, 5) is 14.1. The van der Waals surface area contributed by atoms with Gasteiger partial charge in [-0.15, -0.1) is 0 Å². The van der Waals surface area contributed by atoms with Gasteiger partial charge in [0.15, 0.2) is 0 Å². The van der Waals surface area contributed by atoms with Gasteiger partial charge in [0.25, 0.3) is 0 Å². The number of aryl methyl sites for hydroxylation is 1. The van der Waals surface area contributed by atoms with E-state index in [2.05, 4.69) is 52.0 Å². The van der Waals surface area contributed by atoms with Crippen LogP contribution in [0.1, 0.15) is 73.3 Å². The molecule has 6 heteroatoms. The van der Waals surface area contributed by atoms with Crippen LogP contribution in [-0.2, 0) is 20.5 Å². The quantitative estimate of drug-likeness (QED) is 0.677. The van der Waals surface area contributed by atoms with Crippen molar-refractivity contribution < 1.29 is 18.8 Å². The predicted octanol–water partition coefficient (Wildman–Crippen LogP) is 4.57. The van der Waals surface area contributed by atoms with Crippen LogP contribution in [0.3, 0.4) is 0 Å². The smallest absolute Gasteiger partial charge is 0.444 e. The van der Waals surface area contributed by atoms with Gasteiger partial charge in [0.2, 0.25) is 0 Å². The van der Waals surface area contributed by atoms with Crippen molar-refractivity contribution in [1.82, 2.24) is 4.90 Å². The second kappa shape index (κ2) is 8.54. The third-order valence-corrected chi connectivity index (χ3v) is 6.61. The van der Waals surface area contributed by atoms with Crippen molar-refractivity contribution in [2.75, 3.05) is 13.1 Å². The number of ether oxygens (including phenoxy) is 1. The third-order valence-electron chi connectivity index (χ3n) is 6.61. The maximum atomic E-state index is 12.2. The fourth-order valence-corrected chi connectivity index (χ4v) is 3.92. The minimum Gasteiger partial charge on any atom is -0.444 e. The molecule has 166 valence electrons. The largest absolute Gasteiger partial charge is 0.494 e. The van der Waals surface area contributed by atoms with Crippen molar-refractivity contribution in [3.05, 3.63) is 29.8 Å². The number of hydrogen-bond donors (Lipinski definition) is 0. The van der Waals surface area contributed by atoms with Gasteiger partial charge in [0.05, 0.1) is 11.2 Å². The van der Waals surface area contributed by atoms with Crippen LogP contribution in [0.25, 0.3) is 0 Å². The molecule has 1 amide bonds. The highest BCUT2D eigenvalue weighted by Crippen LogP contribution is 2.36. The second-order valence-corrected chi connectivity index (χ2v) is 10.8. The van der Waals surface area contributed by atoms with Gasteiger partial charge in [0, 0.05) is 13.1 Å². The van der Waals surface area contributed by atoms with Crippen LogP contribution in [-0.4, -0.2) is 48.0 Å². The first kappa shape index (κ1) is 23.1. The van der Waals surface area contributed by atoms with Crippen LogP contribution in [0.5, 0.6) is 0 Å². The molecule has 5 nitrogen and oxygen atoms in total. The number of benzene rings is 1. The number of carbonyl (C=O) groups excluding carboxylic acids is 1. The maximum absolute atomic E-state index is 12.2. The van der Waals surface area contributed by atoms with Crippen LogP contribution in [0.15, 0.2) is 24.3 Å². The highest BCUT2D eigenvalue weighted by atomic mass is 16.7. The molecule has 0 aromatic heterocycles. The normalized spacial score (nSPS) is 21.7. The van der Waals surface area contributed by atoms with E-state index in [1.54, 1.807) is 0 Å². The lowest BCUT2D eigenvalue weighted by molar-refractivity contribution is 0.00578. The SMILES string of the molecule is CC(C)(C)OC(=O)N1CCC(CCc2ccc(B3OC(C)(C)C(C)(C)O3)cc2)CC1. The Morgan fingerprint density at radius 1 is 1.07 bits per heavy atom. The fourth-order valence-electron chi connectivity index (χ4n) is 3.92. The zero-order valence-corrected chi connectivity index (χ0v) is 19.8. The highest BCUT2D eigenvalue weighted by Gasteiger charge is 2.51. The highest BCUT2D eigenvalue weighted by molar-refractivity contribution is 6.62. The van der Waals surface area contributed by atoms with Gasteiger partial charge in [-0.3, -0.25) is 0 Å². The van der Waals surface area contributed by atoms with E-state index in [1.807, 2.05) is 25.7 Å². The molecular weight excluding hydrogens is 377 g/mol. The number of carbonyl (C=O) groups is 1. The summed E-state index contributed by atoms with van der Waals surface area (Å²) in [6.45, 7) is 15.6. The van der Waals surface area contributed by atoms with Gasteiger partial charge in [-0.05, 0) is 91.1 Å². The molecule has 1 aromatic rings. The minimum atomic E-state index is -0.430. The van der Waals surface area contributed by atoms with Crippen LogP contribution in [0.4, 0.5) is 4.79 Å². The zero-order chi connectivity index (χ0) is 22.2. The van der Waals surface area contributed by atoms with Gasteiger partial charge in [-0.2, -0.15) is 0 Å². The first-order valence-corrected chi connectivity index (χ1v) is 11.3. The summed E-state index contributed by atoms with van der Waals surface area (Å²) in [6, 6.07) is 8.64. The molecule has 0 aliphatic carbocycles. The van der Waals surface area contributed by atoms with Crippen molar-refractivity contribution in [3.63, 3.8) is 0 Å². The Labute approximate surface area is 182 Å². The van der Waals surface area contributed by atoms with E-state index in [0.29, 0.717) is 5.92 Å². The maximum Gasteiger partial charge on any atom is 0.494 e. The Kier molecular flexibility index (Phi) is 6.59. The van der Waals surface area contributed by atoms with Gasteiger partial charge in [-0.25, -0.2) is 4.79 Å². The third kappa shape index (κ3) is 5.58. The van der Waals surface area contributed by atoms with Gasteiger partial charge in [0.1, 0.15) is 5.60 Å². The average molecular weight is 415 g/mol. The number of hydrogen-bond acceptors (Lipinski definition) is 4. The number of amides is 1. The van der Waals surface area contributed by atoms with Crippen molar-refractivity contribution >= 4 is 18.7 Å². The molecule has 0 saturated carbocycles. The summed E-state index contributed by atoms with van der Waals surface area (Å²) >= 11 is 0. The zero-order valence-electron chi connectivity index (χ0n) is 19.8. The number of likely N-dealkylation sites (tertiary alicyclic amines) is 1. The molecule has 2 heterocycles. The Morgan fingerprint density at radius 2 is 1.60 bits per heavy atom. The van der Waals surface area contributed by atoms with Crippen LogP contribution in [0.2, 0.25) is 0 Å².